The highest BCUT2D eigenvalue weighted by molar-refractivity contribution is 7.99. The lowest BCUT2D eigenvalue weighted by atomic mass is 10.1. The maximum absolute atomic E-state index is 13.0. The van der Waals surface area contributed by atoms with Crippen molar-refractivity contribution in [2.75, 3.05) is 25.4 Å². The Morgan fingerprint density at radius 1 is 1.28 bits per heavy atom. The van der Waals surface area contributed by atoms with Crippen LogP contribution in [0.2, 0.25) is 0 Å². The van der Waals surface area contributed by atoms with Gasteiger partial charge in [0.25, 0.3) is 0 Å². The van der Waals surface area contributed by atoms with Crippen molar-refractivity contribution in [2.45, 2.75) is 49.4 Å². The molecule has 0 aliphatic carbocycles. The van der Waals surface area contributed by atoms with Crippen LogP contribution in [0.15, 0.2) is 17.5 Å². The summed E-state index contributed by atoms with van der Waals surface area (Å²) in [7, 11) is 0. The molecule has 1 aliphatic heterocycles. The van der Waals surface area contributed by atoms with Gasteiger partial charge in [-0.2, -0.15) is 0 Å². The summed E-state index contributed by atoms with van der Waals surface area (Å²) in [5.74, 6) is -2.03. The average Bonchev–Trinajstić information content (AvgIpc) is 3.16. The zero-order valence-electron chi connectivity index (χ0n) is 16.3. The number of carbonyl (C=O) groups is 3. The third-order valence-electron chi connectivity index (χ3n) is 4.79. The van der Waals surface area contributed by atoms with Crippen LogP contribution in [-0.4, -0.2) is 70.4 Å². The predicted octanol–water partition coefficient (Wildman–Crippen LogP) is 1.77. The topological polar surface area (TPSA) is 133 Å². The number of carboxylic acids is 2. The highest BCUT2D eigenvalue weighted by atomic mass is 32.2. The van der Waals surface area contributed by atoms with Crippen molar-refractivity contribution >= 4 is 40.9 Å². The molecule has 0 radical (unpaired) electrons. The molecule has 1 aromatic rings. The van der Waals surface area contributed by atoms with Gasteiger partial charge in [0.2, 0.25) is 5.91 Å². The first-order valence-electron chi connectivity index (χ1n) is 9.77. The maximum Gasteiger partial charge on any atom is 0.323 e. The van der Waals surface area contributed by atoms with Gasteiger partial charge < -0.3 is 20.8 Å². The lowest BCUT2D eigenvalue weighted by molar-refractivity contribution is -0.146. The van der Waals surface area contributed by atoms with Crippen molar-refractivity contribution in [3.05, 3.63) is 22.4 Å². The minimum Gasteiger partial charge on any atom is -0.480 e. The van der Waals surface area contributed by atoms with Crippen LogP contribution in [0, 0.1) is 0 Å². The van der Waals surface area contributed by atoms with Gasteiger partial charge in [0.1, 0.15) is 12.6 Å². The number of aliphatic carboxylic acids is 2. The molecule has 1 saturated heterocycles. The second-order valence-corrected chi connectivity index (χ2v) is 9.27. The van der Waals surface area contributed by atoms with E-state index < -0.39 is 30.6 Å². The Hall–Kier alpha value is -1.62. The molecule has 1 aliphatic rings. The summed E-state index contributed by atoms with van der Waals surface area (Å²) in [6, 6.07) is 2.33. The van der Waals surface area contributed by atoms with Crippen LogP contribution in [0.25, 0.3) is 0 Å². The third-order valence-corrected chi connectivity index (χ3v) is 7.26. The van der Waals surface area contributed by atoms with Crippen LogP contribution in [-0.2, 0) is 14.4 Å². The Balaban J connectivity index is 2.05. The van der Waals surface area contributed by atoms with Gasteiger partial charge in [-0.1, -0.05) is 25.3 Å². The predicted molar refractivity (Wildman–Crippen MR) is 114 cm³/mol. The van der Waals surface area contributed by atoms with E-state index in [0.29, 0.717) is 25.3 Å². The first-order valence-corrected chi connectivity index (χ1v) is 11.7. The third kappa shape index (κ3) is 7.61. The molecule has 162 valence electrons. The maximum atomic E-state index is 13.0. The molecular formula is C19H29N3O5S2. The average molecular weight is 444 g/mol. The van der Waals surface area contributed by atoms with Crippen molar-refractivity contribution < 1.29 is 24.6 Å². The molecule has 1 aromatic heterocycles. The van der Waals surface area contributed by atoms with Gasteiger partial charge >= 0.3 is 11.9 Å². The van der Waals surface area contributed by atoms with E-state index >= 15 is 0 Å². The number of carbonyl (C=O) groups excluding carboxylic acids is 1. The van der Waals surface area contributed by atoms with E-state index in [-0.39, 0.29) is 11.2 Å². The smallest absolute Gasteiger partial charge is 0.323 e. The SMILES string of the molecule is NCCCCCC[C@H](NC1CSC(c2cccs2)CN(CC(=O)O)C1=O)C(=O)O. The number of carboxylic acid groups (broad SMARTS) is 2. The molecule has 0 aromatic carbocycles. The zero-order valence-corrected chi connectivity index (χ0v) is 17.9. The molecular weight excluding hydrogens is 414 g/mol. The van der Waals surface area contributed by atoms with Crippen LogP contribution in [0.4, 0.5) is 0 Å². The highest BCUT2D eigenvalue weighted by Gasteiger charge is 2.35. The number of nitrogens with two attached hydrogens (primary N) is 1. The molecule has 0 bridgehead atoms. The van der Waals surface area contributed by atoms with Crippen molar-refractivity contribution in [1.29, 1.82) is 0 Å². The molecule has 8 nitrogen and oxygen atoms in total. The minimum absolute atomic E-state index is 0.0235. The first-order chi connectivity index (χ1) is 13.9. The lowest BCUT2D eigenvalue weighted by Crippen LogP contribution is -2.53. The number of nitrogens with one attached hydrogen (secondary N) is 1. The second-order valence-electron chi connectivity index (χ2n) is 7.05. The van der Waals surface area contributed by atoms with E-state index in [2.05, 4.69) is 5.32 Å². The first kappa shape index (κ1) is 23.7. The van der Waals surface area contributed by atoms with Crippen LogP contribution >= 0.6 is 23.1 Å². The highest BCUT2D eigenvalue weighted by Crippen LogP contribution is 2.35. The van der Waals surface area contributed by atoms with E-state index in [0.717, 1.165) is 30.6 Å². The van der Waals surface area contributed by atoms with Crippen molar-refractivity contribution in [2.24, 2.45) is 5.73 Å². The molecule has 1 amide bonds. The zero-order chi connectivity index (χ0) is 21.2. The number of amides is 1. The fourth-order valence-electron chi connectivity index (χ4n) is 3.29. The molecule has 3 atom stereocenters. The Morgan fingerprint density at radius 3 is 2.66 bits per heavy atom. The number of hydrogen-bond donors (Lipinski definition) is 4. The van der Waals surface area contributed by atoms with Crippen LogP contribution in [0.1, 0.15) is 42.2 Å². The molecule has 29 heavy (non-hydrogen) atoms. The molecule has 2 heterocycles. The number of rotatable bonds is 12. The van der Waals surface area contributed by atoms with Gasteiger partial charge in [-0.15, -0.1) is 23.1 Å². The minimum atomic E-state index is -1.08. The fraction of sp³-hybridized carbons (Fsp3) is 0.632. The van der Waals surface area contributed by atoms with Crippen molar-refractivity contribution in [1.82, 2.24) is 10.2 Å². The standard InChI is InChI=1S/C19H29N3O5S2/c20-8-4-2-1-3-6-13(19(26)27)21-14-12-29-16(15-7-5-9-28-15)10-22(18(14)25)11-17(23)24/h5,7,9,13-14,16,21H,1-4,6,8,10-12,20H2,(H,23,24)(H,26,27)/t13-,14?,16?/m0/s1. The normalized spacial score (nSPS) is 21.0. The molecule has 5 N–H and O–H groups in total. The Labute approximate surface area is 178 Å². The second kappa shape index (κ2) is 12.2. The van der Waals surface area contributed by atoms with Gasteiger partial charge in [-0.3, -0.25) is 19.7 Å². The van der Waals surface area contributed by atoms with Gasteiger partial charge in [0.15, 0.2) is 0 Å². The van der Waals surface area contributed by atoms with Crippen LogP contribution in [0.3, 0.4) is 0 Å². The van der Waals surface area contributed by atoms with Crippen molar-refractivity contribution in [3.8, 4) is 0 Å². The molecule has 0 spiro atoms. The van der Waals surface area contributed by atoms with Gasteiger partial charge in [0.05, 0.1) is 11.3 Å². The van der Waals surface area contributed by atoms with Crippen LogP contribution < -0.4 is 11.1 Å². The van der Waals surface area contributed by atoms with Gasteiger partial charge in [0, 0.05) is 17.2 Å². The number of thioether (sulfide) groups is 1. The Kier molecular flexibility index (Phi) is 9.92. The largest absolute Gasteiger partial charge is 0.480 e. The molecule has 2 rings (SSSR count). The van der Waals surface area contributed by atoms with Crippen LogP contribution in [0.5, 0.6) is 0 Å². The van der Waals surface area contributed by atoms with E-state index in [4.69, 9.17) is 5.73 Å². The van der Waals surface area contributed by atoms with E-state index in [9.17, 15) is 24.6 Å². The summed E-state index contributed by atoms with van der Waals surface area (Å²) in [6.07, 6.45) is 3.91. The van der Waals surface area contributed by atoms with Gasteiger partial charge in [-0.25, -0.2) is 0 Å². The molecule has 1 fully saturated rings. The van der Waals surface area contributed by atoms with E-state index in [1.54, 1.807) is 23.1 Å². The monoisotopic (exact) mass is 443 g/mol. The van der Waals surface area contributed by atoms with E-state index in [1.807, 2.05) is 17.5 Å². The fourth-order valence-corrected chi connectivity index (χ4v) is 5.55. The number of unbranched alkanes of at least 4 members (excludes halogenated alkanes) is 3. The summed E-state index contributed by atoms with van der Waals surface area (Å²) < 4.78 is 0. The van der Waals surface area contributed by atoms with E-state index in [1.165, 1.54) is 4.90 Å². The Bertz CT molecular complexity index is 671. The molecule has 2 unspecified atom stereocenters. The van der Waals surface area contributed by atoms with Gasteiger partial charge in [-0.05, 0) is 30.8 Å². The summed E-state index contributed by atoms with van der Waals surface area (Å²) in [5.41, 5.74) is 5.47. The summed E-state index contributed by atoms with van der Waals surface area (Å²) >= 11 is 3.13. The van der Waals surface area contributed by atoms with Crippen molar-refractivity contribution in [3.63, 3.8) is 0 Å². The summed E-state index contributed by atoms with van der Waals surface area (Å²) in [4.78, 5) is 38.3. The quantitative estimate of drug-likeness (QED) is 0.359. The Morgan fingerprint density at radius 2 is 2.03 bits per heavy atom. The summed E-state index contributed by atoms with van der Waals surface area (Å²) in [5, 5.41) is 23.7. The lowest BCUT2D eigenvalue weighted by Gasteiger charge is -2.26. The molecule has 0 saturated carbocycles. The summed E-state index contributed by atoms with van der Waals surface area (Å²) in [6.45, 7) is 0.529. The number of nitrogens with zero attached hydrogens (tertiary/aromatic N) is 1. The number of thiophene rings is 1. The molecule has 10 heteroatoms. The number of hydrogen-bond acceptors (Lipinski definition) is 7.